The van der Waals surface area contributed by atoms with Crippen LogP contribution in [0.15, 0.2) is 41.8 Å². The topological polar surface area (TPSA) is 49.4 Å². The van der Waals surface area contributed by atoms with Crippen molar-refractivity contribution in [2.75, 3.05) is 22.5 Å². The fourth-order valence-corrected chi connectivity index (χ4v) is 3.91. The van der Waals surface area contributed by atoms with Crippen molar-refractivity contribution in [1.29, 1.82) is 0 Å². The van der Waals surface area contributed by atoms with Crippen molar-refractivity contribution in [1.82, 2.24) is 0 Å². The van der Waals surface area contributed by atoms with Gasteiger partial charge in [0.1, 0.15) is 6.54 Å². The summed E-state index contributed by atoms with van der Waals surface area (Å²) in [6.45, 7) is 0.0927. The first-order chi connectivity index (χ1) is 10.2. The maximum absolute atomic E-state index is 12.4. The van der Waals surface area contributed by atoms with Gasteiger partial charge < -0.3 is 10.2 Å². The number of thioether (sulfide) groups is 1. The first-order valence-electron chi connectivity index (χ1n) is 6.53. The van der Waals surface area contributed by atoms with Gasteiger partial charge >= 0.3 is 0 Å². The molecule has 0 bridgehead atoms. The van der Waals surface area contributed by atoms with Gasteiger partial charge in [-0.2, -0.15) is 0 Å². The molecule has 0 fully saturated rings. The van der Waals surface area contributed by atoms with Crippen molar-refractivity contribution in [3.05, 3.63) is 46.7 Å². The third-order valence-corrected chi connectivity index (χ3v) is 5.15. The van der Waals surface area contributed by atoms with Gasteiger partial charge in [-0.1, -0.05) is 18.2 Å². The van der Waals surface area contributed by atoms with E-state index in [0.29, 0.717) is 11.4 Å². The van der Waals surface area contributed by atoms with E-state index in [1.807, 2.05) is 35.7 Å². The average Bonchev–Trinajstić information content (AvgIpc) is 2.99. The van der Waals surface area contributed by atoms with Gasteiger partial charge in [-0.25, -0.2) is 0 Å². The average molecular weight is 318 g/mol. The van der Waals surface area contributed by atoms with Crippen LogP contribution in [0, 0.1) is 0 Å². The molecule has 0 saturated heterocycles. The van der Waals surface area contributed by atoms with Gasteiger partial charge in [0.25, 0.3) is 0 Å². The summed E-state index contributed by atoms with van der Waals surface area (Å²) in [6, 6.07) is 11.5. The monoisotopic (exact) mass is 318 g/mol. The minimum absolute atomic E-state index is 0.0288. The normalized spacial score (nSPS) is 13.7. The van der Waals surface area contributed by atoms with E-state index in [1.54, 1.807) is 28.0 Å². The molecule has 0 atom stereocenters. The largest absolute Gasteiger partial charge is 0.323 e. The van der Waals surface area contributed by atoms with Crippen molar-refractivity contribution >= 4 is 46.3 Å². The van der Waals surface area contributed by atoms with E-state index in [2.05, 4.69) is 11.4 Å². The summed E-state index contributed by atoms with van der Waals surface area (Å²) in [6.07, 6.45) is 0. The Morgan fingerprint density at radius 3 is 2.95 bits per heavy atom. The number of nitrogens with zero attached hydrogens (tertiary/aromatic N) is 1. The second kappa shape index (κ2) is 6.32. The van der Waals surface area contributed by atoms with Crippen LogP contribution in [0.3, 0.4) is 0 Å². The van der Waals surface area contributed by atoms with E-state index < -0.39 is 0 Å². The Morgan fingerprint density at radius 2 is 2.14 bits per heavy atom. The van der Waals surface area contributed by atoms with E-state index in [9.17, 15) is 9.59 Å². The highest BCUT2D eigenvalue weighted by Gasteiger charge is 2.26. The van der Waals surface area contributed by atoms with Gasteiger partial charge in [0, 0.05) is 10.6 Å². The highest BCUT2D eigenvalue weighted by atomic mass is 32.2. The molecular formula is C15H14N2O2S2. The van der Waals surface area contributed by atoms with E-state index in [-0.39, 0.29) is 18.4 Å². The first kappa shape index (κ1) is 14.2. The summed E-state index contributed by atoms with van der Waals surface area (Å²) in [4.78, 5) is 26.9. The molecule has 0 radical (unpaired) electrons. The summed E-state index contributed by atoms with van der Waals surface area (Å²) >= 11 is 3.27. The molecule has 6 heteroatoms. The lowest BCUT2D eigenvalue weighted by molar-refractivity contribution is -0.120. The molecule has 21 heavy (non-hydrogen) atoms. The van der Waals surface area contributed by atoms with Crippen LogP contribution in [-0.4, -0.2) is 24.1 Å². The summed E-state index contributed by atoms with van der Waals surface area (Å²) < 4.78 is 0. The maximum Gasteiger partial charge on any atom is 0.244 e. The summed E-state index contributed by atoms with van der Waals surface area (Å²) in [5.74, 6) is 1.02. The number of thiophene rings is 1. The molecule has 0 unspecified atom stereocenters. The SMILES string of the molecule is O=C1CN(C(=O)CSCc2cccs2)c2ccccc2N1. The number of carbonyl (C=O) groups is 2. The van der Waals surface area contributed by atoms with Crippen LogP contribution in [0.25, 0.3) is 0 Å². The quantitative estimate of drug-likeness (QED) is 0.943. The number of benzene rings is 1. The van der Waals surface area contributed by atoms with E-state index in [4.69, 9.17) is 0 Å². The van der Waals surface area contributed by atoms with E-state index in [0.717, 1.165) is 11.4 Å². The first-order valence-corrected chi connectivity index (χ1v) is 8.57. The molecule has 2 aromatic rings. The molecule has 4 nitrogen and oxygen atoms in total. The van der Waals surface area contributed by atoms with Gasteiger partial charge in [-0.3, -0.25) is 9.59 Å². The van der Waals surface area contributed by atoms with Crippen LogP contribution < -0.4 is 10.2 Å². The van der Waals surface area contributed by atoms with Crippen LogP contribution in [0.5, 0.6) is 0 Å². The fourth-order valence-electron chi connectivity index (χ4n) is 2.17. The molecule has 1 aliphatic heterocycles. The molecule has 0 saturated carbocycles. The number of para-hydroxylation sites is 2. The van der Waals surface area contributed by atoms with Crippen molar-refractivity contribution < 1.29 is 9.59 Å². The van der Waals surface area contributed by atoms with Crippen LogP contribution in [0.1, 0.15) is 4.88 Å². The zero-order chi connectivity index (χ0) is 14.7. The lowest BCUT2D eigenvalue weighted by atomic mass is 10.2. The Hall–Kier alpha value is -1.79. The number of fused-ring (bicyclic) bond motifs is 1. The maximum atomic E-state index is 12.4. The Bertz CT molecular complexity index is 655. The Balaban J connectivity index is 1.65. The van der Waals surface area contributed by atoms with Gasteiger partial charge in [0.05, 0.1) is 17.1 Å². The summed E-state index contributed by atoms with van der Waals surface area (Å²) in [5.41, 5.74) is 1.48. The number of hydrogen-bond acceptors (Lipinski definition) is 4. The zero-order valence-corrected chi connectivity index (χ0v) is 12.9. The summed E-state index contributed by atoms with van der Waals surface area (Å²) in [7, 11) is 0. The minimum Gasteiger partial charge on any atom is -0.323 e. The molecule has 2 heterocycles. The van der Waals surface area contributed by atoms with Crippen molar-refractivity contribution in [2.45, 2.75) is 5.75 Å². The molecule has 0 spiro atoms. The second-order valence-electron chi connectivity index (χ2n) is 4.62. The molecule has 1 aromatic heterocycles. The molecular weight excluding hydrogens is 304 g/mol. The predicted molar refractivity (Wildman–Crippen MR) is 87.9 cm³/mol. The highest BCUT2D eigenvalue weighted by molar-refractivity contribution is 7.99. The predicted octanol–water partition coefficient (Wildman–Crippen LogP) is 2.97. The Kier molecular flexibility index (Phi) is 4.26. The third-order valence-electron chi connectivity index (χ3n) is 3.12. The number of rotatable bonds is 4. The Morgan fingerprint density at radius 1 is 1.29 bits per heavy atom. The van der Waals surface area contributed by atoms with Crippen LogP contribution in [0.4, 0.5) is 11.4 Å². The van der Waals surface area contributed by atoms with Gasteiger partial charge in [-0.05, 0) is 23.6 Å². The third kappa shape index (κ3) is 3.28. The lowest BCUT2D eigenvalue weighted by Gasteiger charge is -2.29. The molecule has 3 rings (SSSR count). The molecule has 1 N–H and O–H groups in total. The molecule has 1 aromatic carbocycles. The van der Waals surface area contributed by atoms with Gasteiger partial charge in [0.15, 0.2) is 0 Å². The molecule has 0 aliphatic carbocycles. The lowest BCUT2D eigenvalue weighted by Crippen LogP contribution is -2.43. The van der Waals surface area contributed by atoms with Crippen molar-refractivity contribution in [3.63, 3.8) is 0 Å². The number of anilines is 2. The summed E-state index contributed by atoms with van der Waals surface area (Å²) in [5, 5.41) is 4.82. The number of nitrogens with one attached hydrogen (secondary N) is 1. The van der Waals surface area contributed by atoms with Crippen molar-refractivity contribution in [2.24, 2.45) is 0 Å². The Labute approximate surface area is 131 Å². The van der Waals surface area contributed by atoms with Crippen LogP contribution in [-0.2, 0) is 15.3 Å². The second-order valence-corrected chi connectivity index (χ2v) is 6.64. The zero-order valence-electron chi connectivity index (χ0n) is 11.2. The van der Waals surface area contributed by atoms with Gasteiger partial charge in [0.2, 0.25) is 11.8 Å². The van der Waals surface area contributed by atoms with E-state index in [1.165, 1.54) is 4.88 Å². The highest BCUT2D eigenvalue weighted by Crippen LogP contribution is 2.29. The smallest absolute Gasteiger partial charge is 0.244 e. The van der Waals surface area contributed by atoms with Crippen LogP contribution >= 0.6 is 23.1 Å². The number of hydrogen-bond donors (Lipinski definition) is 1. The number of amides is 2. The molecule has 1 aliphatic rings. The van der Waals surface area contributed by atoms with E-state index >= 15 is 0 Å². The van der Waals surface area contributed by atoms with Gasteiger partial charge in [-0.15, -0.1) is 23.1 Å². The van der Waals surface area contributed by atoms with Crippen LogP contribution in [0.2, 0.25) is 0 Å². The number of carbonyl (C=O) groups excluding carboxylic acids is 2. The molecule has 2 amide bonds. The molecule has 108 valence electrons. The van der Waals surface area contributed by atoms with Crippen molar-refractivity contribution in [3.8, 4) is 0 Å². The standard InChI is InChI=1S/C15H14N2O2S2/c18-14-8-17(13-6-2-1-5-12(13)16-14)15(19)10-20-9-11-4-3-7-21-11/h1-7H,8-10H2,(H,16,18). The minimum atomic E-state index is -0.148. The fraction of sp³-hybridized carbons (Fsp3) is 0.200.